The molecular weight excluding hydrogens is 462 g/mol. The summed E-state index contributed by atoms with van der Waals surface area (Å²) >= 11 is 1.61. The number of amides is 1. The van der Waals surface area contributed by atoms with E-state index in [1.54, 1.807) is 30.0 Å². The number of phenolic OH excluding ortho intramolecular Hbond substituents is 1. The highest BCUT2D eigenvalue weighted by molar-refractivity contribution is 7.98. The zero-order valence-electron chi connectivity index (χ0n) is 20.2. The third kappa shape index (κ3) is 7.34. The van der Waals surface area contributed by atoms with Crippen LogP contribution in [0.2, 0.25) is 0 Å². The maximum absolute atomic E-state index is 13.3. The maximum Gasteiger partial charge on any atom is 0.328 e. The summed E-state index contributed by atoms with van der Waals surface area (Å²) in [6.45, 7) is 2.76. The molecule has 0 saturated carbocycles. The van der Waals surface area contributed by atoms with Crippen molar-refractivity contribution >= 4 is 23.6 Å². The summed E-state index contributed by atoms with van der Waals surface area (Å²) in [6.07, 6.45) is 2.44. The lowest BCUT2D eigenvalue weighted by Gasteiger charge is -2.19. The molecule has 1 amide bonds. The molecule has 3 rings (SSSR count). The molecule has 0 radical (unpaired) electrons. The second-order valence-corrected chi connectivity index (χ2v) is 9.17. The molecule has 35 heavy (non-hydrogen) atoms. The van der Waals surface area contributed by atoms with Crippen LogP contribution in [-0.4, -0.2) is 42.1 Å². The number of thioether (sulfide) groups is 1. The van der Waals surface area contributed by atoms with E-state index in [0.717, 1.165) is 33.6 Å². The van der Waals surface area contributed by atoms with Gasteiger partial charge in [-0.1, -0.05) is 42.5 Å². The van der Waals surface area contributed by atoms with Gasteiger partial charge in [0.15, 0.2) is 0 Å². The van der Waals surface area contributed by atoms with Crippen molar-refractivity contribution in [1.82, 2.24) is 5.32 Å². The Hall–Kier alpha value is -3.29. The van der Waals surface area contributed by atoms with Gasteiger partial charge in [0.1, 0.15) is 11.8 Å². The van der Waals surface area contributed by atoms with Crippen molar-refractivity contribution in [2.45, 2.75) is 32.6 Å². The monoisotopic (exact) mass is 493 g/mol. The minimum absolute atomic E-state index is 0.216. The van der Waals surface area contributed by atoms with E-state index in [0.29, 0.717) is 25.2 Å². The van der Waals surface area contributed by atoms with E-state index in [2.05, 4.69) is 5.32 Å². The summed E-state index contributed by atoms with van der Waals surface area (Å²) < 4.78 is 10.8. The topological polar surface area (TPSA) is 84.9 Å². The van der Waals surface area contributed by atoms with E-state index in [1.807, 2.05) is 61.7 Å². The molecule has 0 aliphatic heterocycles. The number of carbonyl (C=O) groups is 2. The van der Waals surface area contributed by atoms with Gasteiger partial charge >= 0.3 is 5.97 Å². The largest absolute Gasteiger partial charge is 0.508 e. The number of nitrogens with one attached hydrogen (secondary N) is 1. The van der Waals surface area contributed by atoms with Crippen LogP contribution in [-0.2, 0) is 27.5 Å². The van der Waals surface area contributed by atoms with Crippen molar-refractivity contribution in [3.63, 3.8) is 0 Å². The van der Waals surface area contributed by atoms with Crippen molar-refractivity contribution in [1.29, 1.82) is 0 Å². The van der Waals surface area contributed by atoms with E-state index >= 15 is 0 Å². The molecule has 0 heterocycles. The molecule has 2 N–H and O–H groups in total. The van der Waals surface area contributed by atoms with Crippen LogP contribution in [0.3, 0.4) is 0 Å². The number of aryl methyl sites for hydroxylation is 1. The van der Waals surface area contributed by atoms with E-state index < -0.39 is 12.0 Å². The number of hydrogen-bond donors (Lipinski definition) is 2. The smallest absolute Gasteiger partial charge is 0.328 e. The van der Waals surface area contributed by atoms with Crippen molar-refractivity contribution in [3.8, 4) is 16.9 Å². The summed E-state index contributed by atoms with van der Waals surface area (Å²) in [7, 11) is 1.33. The third-order valence-corrected chi connectivity index (χ3v) is 6.28. The number of methoxy groups -OCH3 is 1. The number of phenols is 1. The Labute approximate surface area is 210 Å². The number of esters is 1. The van der Waals surface area contributed by atoms with Gasteiger partial charge < -0.3 is 19.9 Å². The van der Waals surface area contributed by atoms with Crippen LogP contribution in [0, 0.1) is 6.92 Å². The predicted octanol–water partition coefficient (Wildman–Crippen LogP) is 5.11. The van der Waals surface area contributed by atoms with Crippen LogP contribution in [0.4, 0.5) is 0 Å². The average Bonchev–Trinajstić information content (AvgIpc) is 2.87. The Bertz CT molecular complexity index is 1150. The normalized spacial score (nSPS) is 11.6. The summed E-state index contributed by atoms with van der Waals surface area (Å²) in [5.41, 5.74) is 5.12. The van der Waals surface area contributed by atoms with Gasteiger partial charge in [-0.2, -0.15) is 11.8 Å². The first-order valence-electron chi connectivity index (χ1n) is 11.3. The number of hydrogen-bond acceptors (Lipinski definition) is 6. The van der Waals surface area contributed by atoms with Gasteiger partial charge in [-0.15, -0.1) is 0 Å². The fourth-order valence-electron chi connectivity index (χ4n) is 3.72. The highest BCUT2D eigenvalue weighted by atomic mass is 32.2. The van der Waals surface area contributed by atoms with Crippen molar-refractivity contribution in [2.75, 3.05) is 19.1 Å². The van der Waals surface area contributed by atoms with E-state index in [9.17, 15) is 14.7 Å². The lowest BCUT2D eigenvalue weighted by atomic mass is 9.93. The first-order chi connectivity index (χ1) is 16.9. The Kier molecular flexibility index (Phi) is 9.76. The molecule has 3 aromatic carbocycles. The van der Waals surface area contributed by atoms with Crippen LogP contribution >= 0.6 is 11.8 Å². The fraction of sp³-hybridized carbons (Fsp3) is 0.286. The van der Waals surface area contributed by atoms with E-state index in [1.165, 1.54) is 7.11 Å². The molecule has 0 aromatic heterocycles. The second kappa shape index (κ2) is 13.0. The summed E-state index contributed by atoms with van der Waals surface area (Å²) in [4.78, 5) is 25.5. The Morgan fingerprint density at radius 1 is 0.971 bits per heavy atom. The SMILES string of the molecule is COC(=O)C(CCSC)NC(=O)c1ccc(COCc2ccc(O)cc2)cc1-c1ccccc1C. The molecule has 0 spiro atoms. The van der Waals surface area contributed by atoms with Gasteiger partial charge in [0.05, 0.1) is 20.3 Å². The van der Waals surface area contributed by atoms with Gasteiger partial charge in [-0.25, -0.2) is 4.79 Å². The Balaban J connectivity index is 1.84. The quantitative estimate of drug-likeness (QED) is 0.361. The minimum atomic E-state index is -0.710. The molecule has 0 aliphatic carbocycles. The summed E-state index contributed by atoms with van der Waals surface area (Å²) in [5, 5.41) is 12.3. The zero-order chi connectivity index (χ0) is 25.2. The van der Waals surface area contributed by atoms with Gasteiger partial charge in [-0.3, -0.25) is 4.79 Å². The molecule has 0 fully saturated rings. The van der Waals surface area contributed by atoms with E-state index in [4.69, 9.17) is 9.47 Å². The number of aromatic hydroxyl groups is 1. The minimum Gasteiger partial charge on any atom is -0.508 e. The van der Waals surface area contributed by atoms with Crippen molar-refractivity contribution < 1.29 is 24.2 Å². The Morgan fingerprint density at radius 2 is 1.66 bits per heavy atom. The molecule has 0 saturated heterocycles. The molecule has 1 atom stereocenters. The number of rotatable bonds is 11. The highest BCUT2D eigenvalue weighted by Gasteiger charge is 2.23. The van der Waals surface area contributed by atoms with Gasteiger partial charge in [0.25, 0.3) is 5.91 Å². The van der Waals surface area contributed by atoms with Crippen LogP contribution in [0.1, 0.15) is 33.5 Å². The number of ether oxygens (including phenoxy) is 2. The zero-order valence-corrected chi connectivity index (χ0v) is 21.1. The summed E-state index contributed by atoms with van der Waals surface area (Å²) in [6, 6.07) is 19.7. The van der Waals surface area contributed by atoms with Crippen molar-refractivity contribution in [2.24, 2.45) is 0 Å². The third-order valence-electron chi connectivity index (χ3n) is 5.64. The highest BCUT2D eigenvalue weighted by Crippen LogP contribution is 2.29. The van der Waals surface area contributed by atoms with Gasteiger partial charge in [0.2, 0.25) is 0 Å². The lowest BCUT2D eigenvalue weighted by molar-refractivity contribution is -0.142. The predicted molar refractivity (Wildman–Crippen MR) is 139 cm³/mol. The molecule has 6 nitrogen and oxygen atoms in total. The standard InChI is InChI=1S/C28H31NO5S/c1-19-6-4-5-7-23(19)25-16-21(18-34-17-20-8-11-22(30)12-9-20)10-13-24(25)27(31)29-26(14-15-35-3)28(32)33-2/h4-13,16,26,30H,14-15,17-18H2,1-3H3,(H,29,31). The van der Waals surface area contributed by atoms with Gasteiger partial charge in [0, 0.05) is 5.56 Å². The molecule has 1 unspecified atom stereocenters. The van der Waals surface area contributed by atoms with Gasteiger partial charge in [-0.05, 0) is 77.4 Å². The molecular formula is C28H31NO5S. The van der Waals surface area contributed by atoms with Crippen LogP contribution < -0.4 is 5.32 Å². The average molecular weight is 494 g/mol. The molecule has 0 bridgehead atoms. The van der Waals surface area contributed by atoms with Crippen molar-refractivity contribution in [3.05, 3.63) is 89.0 Å². The Morgan fingerprint density at radius 3 is 2.34 bits per heavy atom. The first kappa shape index (κ1) is 26.3. The molecule has 184 valence electrons. The van der Waals surface area contributed by atoms with Crippen LogP contribution in [0.15, 0.2) is 66.7 Å². The fourth-order valence-corrected chi connectivity index (χ4v) is 4.19. The number of carbonyl (C=O) groups excluding carboxylic acids is 2. The molecule has 7 heteroatoms. The van der Waals surface area contributed by atoms with Crippen LogP contribution in [0.25, 0.3) is 11.1 Å². The lowest BCUT2D eigenvalue weighted by Crippen LogP contribution is -2.42. The number of benzene rings is 3. The van der Waals surface area contributed by atoms with Crippen LogP contribution in [0.5, 0.6) is 5.75 Å². The summed E-state index contributed by atoms with van der Waals surface area (Å²) in [5.74, 6) is 0.163. The maximum atomic E-state index is 13.3. The molecule has 3 aromatic rings. The van der Waals surface area contributed by atoms with E-state index in [-0.39, 0.29) is 11.7 Å². The first-order valence-corrected chi connectivity index (χ1v) is 12.7. The molecule has 0 aliphatic rings. The second-order valence-electron chi connectivity index (χ2n) is 8.18.